The molecule has 0 aliphatic heterocycles. The summed E-state index contributed by atoms with van der Waals surface area (Å²) in [4.78, 5) is 11.3. The molecule has 2 aromatic rings. The quantitative estimate of drug-likeness (QED) is 0.780. The van der Waals surface area contributed by atoms with Crippen LogP contribution in [-0.2, 0) is 16.0 Å². The number of methoxy groups -OCH3 is 1. The number of carbonyl (C=O) groups excluding carboxylic acids is 1. The fraction of sp³-hybridized carbons (Fsp3) is 0.357. The Kier molecular flexibility index (Phi) is 3.55. The van der Waals surface area contributed by atoms with Crippen molar-refractivity contribution >= 4 is 16.9 Å². The minimum Gasteiger partial charge on any atom is -0.487 e. The number of fused-ring (bicyclic) bond motifs is 1. The average molecular weight is 248 g/mol. The van der Waals surface area contributed by atoms with Crippen LogP contribution < -0.4 is 4.74 Å². The van der Waals surface area contributed by atoms with E-state index in [9.17, 15) is 4.79 Å². The van der Waals surface area contributed by atoms with Crippen molar-refractivity contribution in [2.75, 3.05) is 7.11 Å². The van der Waals surface area contributed by atoms with Crippen LogP contribution in [0.25, 0.3) is 11.0 Å². The van der Waals surface area contributed by atoms with Crippen molar-refractivity contribution in [1.82, 2.24) is 0 Å². The van der Waals surface area contributed by atoms with Crippen molar-refractivity contribution in [2.45, 2.75) is 26.4 Å². The highest BCUT2D eigenvalue weighted by molar-refractivity contribution is 5.89. The lowest BCUT2D eigenvalue weighted by Crippen LogP contribution is -2.05. The molecule has 0 atom stereocenters. The Bertz CT molecular complexity index is 554. The molecule has 96 valence electrons. The maximum atomic E-state index is 11.3. The Balaban J connectivity index is 2.38. The fourth-order valence-electron chi connectivity index (χ4n) is 1.80. The zero-order chi connectivity index (χ0) is 13.1. The van der Waals surface area contributed by atoms with Crippen molar-refractivity contribution in [3.63, 3.8) is 0 Å². The molecule has 0 fully saturated rings. The first-order valence-electron chi connectivity index (χ1n) is 5.84. The first-order chi connectivity index (χ1) is 8.61. The average Bonchev–Trinajstić information content (AvgIpc) is 2.73. The molecule has 1 aromatic carbocycles. The molecule has 0 bridgehead atoms. The minimum absolute atomic E-state index is 0.0738. The topological polar surface area (TPSA) is 48.7 Å². The predicted molar refractivity (Wildman–Crippen MR) is 67.7 cm³/mol. The van der Waals surface area contributed by atoms with Crippen molar-refractivity contribution < 1.29 is 18.7 Å². The molecule has 1 heterocycles. The van der Waals surface area contributed by atoms with Gasteiger partial charge in [-0.05, 0) is 19.9 Å². The summed E-state index contributed by atoms with van der Waals surface area (Å²) in [5, 5.41) is 0.888. The first kappa shape index (κ1) is 12.5. The molecule has 0 amide bonds. The van der Waals surface area contributed by atoms with Crippen LogP contribution in [0, 0.1) is 0 Å². The lowest BCUT2D eigenvalue weighted by Gasteiger charge is -2.09. The van der Waals surface area contributed by atoms with E-state index in [1.807, 2.05) is 32.0 Å². The van der Waals surface area contributed by atoms with Crippen molar-refractivity contribution in [2.24, 2.45) is 0 Å². The van der Waals surface area contributed by atoms with E-state index in [0.717, 1.165) is 10.9 Å². The Morgan fingerprint density at radius 1 is 1.39 bits per heavy atom. The number of esters is 1. The fourth-order valence-corrected chi connectivity index (χ4v) is 1.80. The van der Waals surface area contributed by atoms with E-state index in [-0.39, 0.29) is 18.5 Å². The summed E-state index contributed by atoms with van der Waals surface area (Å²) in [5.74, 6) is 0.409. The molecular formula is C14H16O4. The van der Waals surface area contributed by atoms with E-state index in [1.165, 1.54) is 7.11 Å². The van der Waals surface area contributed by atoms with Crippen LogP contribution in [0.3, 0.4) is 0 Å². The monoisotopic (exact) mass is 248 g/mol. The molecular weight excluding hydrogens is 232 g/mol. The van der Waals surface area contributed by atoms with E-state index in [1.54, 1.807) is 6.26 Å². The SMILES string of the molecule is COC(=O)Cc1coc2c(OC(C)C)cccc12. The normalized spacial score (nSPS) is 10.9. The van der Waals surface area contributed by atoms with Crippen LogP contribution in [-0.4, -0.2) is 19.2 Å². The Morgan fingerprint density at radius 3 is 2.83 bits per heavy atom. The summed E-state index contributed by atoms with van der Waals surface area (Å²) in [6.45, 7) is 3.91. The molecule has 2 rings (SSSR count). The number of benzene rings is 1. The van der Waals surface area contributed by atoms with E-state index in [2.05, 4.69) is 4.74 Å². The molecule has 0 radical (unpaired) electrons. The summed E-state index contributed by atoms with van der Waals surface area (Å²) in [7, 11) is 1.37. The van der Waals surface area contributed by atoms with Gasteiger partial charge in [0.05, 0.1) is 25.9 Å². The molecule has 0 saturated carbocycles. The molecule has 0 aliphatic carbocycles. The Morgan fingerprint density at radius 2 is 2.17 bits per heavy atom. The highest BCUT2D eigenvalue weighted by Crippen LogP contribution is 2.30. The summed E-state index contributed by atoms with van der Waals surface area (Å²) < 4.78 is 15.8. The summed E-state index contributed by atoms with van der Waals surface area (Å²) in [5.41, 5.74) is 1.48. The largest absolute Gasteiger partial charge is 0.487 e. The van der Waals surface area contributed by atoms with Crippen LogP contribution in [0.4, 0.5) is 0 Å². The van der Waals surface area contributed by atoms with Crippen LogP contribution in [0.1, 0.15) is 19.4 Å². The number of furan rings is 1. The number of hydrogen-bond acceptors (Lipinski definition) is 4. The summed E-state index contributed by atoms with van der Waals surface area (Å²) in [6, 6.07) is 5.65. The van der Waals surface area contributed by atoms with Gasteiger partial charge in [-0.15, -0.1) is 0 Å². The molecule has 0 saturated heterocycles. The van der Waals surface area contributed by atoms with Gasteiger partial charge in [0.2, 0.25) is 0 Å². The van der Waals surface area contributed by atoms with Gasteiger partial charge in [-0.3, -0.25) is 4.79 Å². The van der Waals surface area contributed by atoms with Gasteiger partial charge in [-0.2, -0.15) is 0 Å². The second-order valence-electron chi connectivity index (χ2n) is 4.31. The second kappa shape index (κ2) is 5.12. The van der Waals surface area contributed by atoms with Crippen LogP contribution in [0.5, 0.6) is 5.75 Å². The van der Waals surface area contributed by atoms with Gasteiger partial charge in [0.15, 0.2) is 11.3 Å². The number of hydrogen-bond donors (Lipinski definition) is 0. The summed E-state index contributed by atoms with van der Waals surface area (Å²) in [6.07, 6.45) is 1.86. The van der Waals surface area contributed by atoms with E-state index >= 15 is 0 Å². The first-order valence-corrected chi connectivity index (χ1v) is 5.84. The van der Waals surface area contributed by atoms with Gasteiger partial charge in [0, 0.05) is 10.9 Å². The van der Waals surface area contributed by atoms with Gasteiger partial charge < -0.3 is 13.9 Å². The van der Waals surface area contributed by atoms with Gasteiger partial charge in [-0.25, -0.2) is 0 Å². The summed E-state index contributed by atoms with van der Waals surface area (Å²) >= 11 is 0. The Labute approximate surface area is 105 Å². The van der Waals surface area contributed by atoms with Gasteiger partial charge in [0.1, 0.15) is 0 Å². The van der Waals surface area contributed by atoms with Crippen molar-refractivity contribution in [3.8, 4) is 5.75 Å². The Hall–Kier alpha value is -1.97. The van der Waals surface area contributed by atoms with Crippen LogP contribution >= 0.6 is 0 Å². The van der Waals surface area contributed by atoms with E-state index in [4.69, 9.17) is 9.15 Å². The van der Waals surface area contributed by atoms with Gasteiger partial charge in [-0.1, -0.05) is 12.1 Å². The third kappa shape index (κ3) is 2.47. The zero-order valence-electron chi connectivity index (χ0n) is 10.7. The van der Waals surface area contributed by atoms with E-state index < -0.39 is 0 Å². The van der Waals surface area contributed by atoms with Crippen molar-refractivity contribution in [3.05, 3.63) is 30.0 Å². The number of carbonyl (C=O) groups is 1. The highest BCUT2D eigenvalue weighted by Gasteiger charge is 2.14. The standard InChI is InChI=1S/C14H16O4/c1-9(2)18-12-6-4-5-11-10(7-13(15)16-3)8-17-14(11)12/h4-6,8-9H,7H2,1-3H3. The molecule has 0 aliphatic rings. The van der Waals surface area contributed by atoms with E-state index in [0.29, 0.717) is 11.3 Å². The lowest BCUT2D eigenvalue weighted by atomic mass is 10.1. The van der Waals surface area contributed by atoms with Crippen LogP contribution in [0.15, 0.2) is 28.9 Å². The zero-order valence-corrected chi connectivity index (χ0v) is 10.7. The molecule has 18 heavy (non-hydrogen) atoms. The predicted octanol–water partition coefficient (Wildman–Crippen LogP) is 2.94. The second-order valence-corrected chi connectivity index (χ2v) is 4.31. The molecule has 1 aromatic heterocycles. The molecule has 0 spiro atoms. The smallest absolute Gasteiger partial charge is 0.310 e. The van der Waals surface area contributed by atoms with Gasteiger partial charge >= 0.3 is 5.97 Å². The third-order valence-electron chi connectivity index (χ3n) is 2.57. The molecule has 0 unspecified atom stereocenters. The van der Waals surface area contributed by atoms with Gasteiger partial charge in [0.25, 0.3) is 0 Å². The van der Waals surface area contributed by atoms with Crippen LogP contribution in [0.2, 0.25) is 0 Å². The maximum Gasteiger partial charge on any atom is 0.310 e. The molecule has 4 heteroatoms. The lowest BCUT2D eigenvalue weighted by molar-refractivity contribution is -0.139. The minimum atomic E-state index is -0.284. The highest BCUT2D eigenvalue weighted by atomic mass is 16.5. The molecule has 0 N–H and O–H groups in total. The number of rotatable bonds is 4. The number of ether oxygens (including phenoxy) is 2. The molecule has 4 nitrogen and oxygen atoms in total. The maximum absolute atomic E-state index is 11.3. The van der Waals surface area contributed by atoms with Crippen molar-refractivity contribution in [1.29, 1.82) is 0 Å². The number of para-hydroxylation sites is 1. The third-order valence-corrected chi connectivity index (χ3v) is 2.57.